The van der Waals surface area contributed by atoms with Crippen molar-refractivity contribution in [1.82, 2.24) is 0 Å². The van der Waals surface area contributed by atoms with Crippen LogP contribution in [0.2, 0.25) is 0 Å². The summed E-state index contributed by atoms with van der Waals surface area (Å²) in [5.41, 5.74) is 0. The number of nitrogens with zero attached hydrogens (tertiary/aromatic N) is 2. The summed E-state index contributed by atoms with van der Waals surface area (Å²) in [5, 5.41) is 0. The Morgan fingerprint density at radius 1 is 0.261 bits per heavy atom. The van der Waals surface area contributed by atoms with Crippen molar-refractivity contribution in [3.63, 3.8) is 0 Å². The van der Waals surface area contributed by atoms with Crippen molar-refractivity contribution in [3.8, 4) is 0 Å². The summed E-state index contributed by atoms with van der Waals surface area (Å²) in [7, 11) is 4.81. The highest BCUT2D eigenvalue weighted by molar-refractivity contribution is 4.51. The number of halogens is 2. The molecule has 2 nitrogen and oxygen atoms in total. The third-order valence-corrected chi connectivity index (χ3v) is 11.2. The second kappa shape index (κ2) is 41.9. The lowest BCUT2D eigenvalue weighted by Crippen LogP contribution is -3.00. The second-order valence-corrected chi connectivity index (χ2v) is 15.1. The molecule has 0 N–H and O–H groups in total. The summed E-state index contributed by atoms with van der Waals surface area (Å²) in [4.78, 5) is 0. The standard InChI is InChI=1S/2C21H46N.BrH.ClH/c2*1-5-8-9-10-11-12-13-14-15-16-17-18-19-20-21-22(4,6-2)7-3;;/h2*5-21H2,1-4H3;2*1H/q2*+1;;/p-2. The molecule has 0 saturated heterocycles. The van der Waals surface area contributed by atoms with Crippen LogP contribution in [0.4, 0.5) is 0 Å². The minimum Gasteiger partial charge on any atom is -1.00 e. The molecule has 0 aliphatic carbocycles. The lowest BCUT2D eigenvalue weighted by molar-refractivity contribution is -0.906. The van der Waals surface area contributed by atoms with E-state index in [4.69, 9.17) is 0 Å². The average Bonchev–Trinajstić information content (AvgIpc) is 3.05. The first-order valence-corrected chi connectivity index (χ1v) is 21.0. The van der Waals surface area contributed by atoms with Gasteiger partial charge in [0.05, 0.1) is 53.4 Å². The molecule has 0 rings (SSSR count). The van der Waals surface area contributed by atoms with Gasteiger partial charge in [-0.25, -0.2) is 0 Å². The van der Waals surface area contributed by atoms with Crippen LogP contribution in [0.15, 0.2) is 0 Å². The largest absolute Gasteiger partial charge is 1.00 e. The van der Waals surface area contributed by atoms with Crippen molar-refractivity contribution in [2.24, 2.45) is 0 Å². The fraction of sp³-hybridized carbons (Fsp3) is 1.00. The van der Waals surface area contributed by atoms with E-state index < -0.39 is 0 Å². The van der Waals surface area contributed by atoms with Crippen molar-refractivity contribution < 1.29 is 38.4 Å². The van der Waals surface area contributed by atoms with E-state index >= 15 is 0 Å². The van der Waals surface area contributed by atoms with Gasteiger partial charge in [-0.1, -0.05) is 168 Å². The molecule has 46 heavy (non-hydrogen) atoms. The maximum absolute atomic E-state index is 2.41. The van der Waals surface area contributed by atoms with Gasteiger partial charge in [0.1, 0.15) is 0 Å². The zero-order valence-corrected chi connectivity index (χ0v) is 36.0. The van der Waals surface area contributed by atoms with Crippen LogP contribution < -0.4 is 29.4 Å². The van der Waals surface area contributed by atoms with E-state index in [0.29, 0.717) is 0 Å². The number of unbranched alkanes of at least 4 members (excludes halogenated alkanes) is 26. The summed E-state index contributed by atoms with van der Waals surface area (Å²) < 4.78 is 2.52. The summed E-state index contributed by atoms with van der Waals surface area (Å²) in [6.07, 6.45) is 40.9. The first-order chi connectivity index (χ1) is 21.4. The van der Waals surface area contributed by atoms with Gasteiger partial charge in [0.25, 0.3) is 0 Å². The Morgan fingerprint density at radius 2 is 0.413 bits per heavy atom. The highest BCUT2D eigenvalue weighted by Crippen LogP contribution is 2.15. The summed E-state index contributed by atoms with van der Waals surface area (Å²) in [6, 6.07) is 0. The topological polar surface area (TPSA) is 0 Å². The quantitative estimate of drug-likeness (QED) is 0.0465. The number of quaternary nitrogens is 2. The van der Waals surface area contributed by atoms with Crippen LogP contribution in [-0.4, -0.2) is 62.3 Å². The molecule has 0 amide bonds. The van der Waals surface area contributed by atoms with Crippen LogP contribution in [0.5, 0.6) is 0 Å². The monoisotopic (exact) mass is 739 g/mol. The lowest BCUT2D eigenvalue weighted by Gasteiger charge is -2.32. The molecule has 284 valence electrons. The smallest absolute Gasteiger partial charge is 0.0784 e. The molecule has 0 unspecified atom stereocenters. The van der Waals surface area contributed by atoms with Gasteiger partial charge in [-0.05, 0) is 53.4 Å². The Morgan fingerprint density at radius 3 is 0.565 bits per heavy atom. The van der Waals surface area contributed by atoms with Crippen molar-refractivity contribution >= 4 is 0 Å². The maximum Gasteiger partial charge on any atom is 0.0784 e. The third-order valence-electron chi connectivity index (χ3n) is 11.2. The van der Waals surface area contributed by atoms with Crippen LogP contribution in [0.3, 0.4) is 0 Å². The molecule has 0 radical (unpaired) electrons. The van der Waals surface area contributed by atoms with Crippen LogP contribution in [0, 0.1) is 0 Å². The third kappa shape index (κ3) is 39.1. The lowest BCUT2D eigenvalue weighted by atomic mass is 10.0. The molecular formula is C42H92BrClN2. The van der Waals surface area contributed by atoms with Gasteiger partial charge in [0, 0.05) is 0 Å². The first kappa shape index (κ1) is 53.5. The summed E-state index contributed by atoms with van der Waals surface area (Å²) in [5.74, 6) is 0. The molecule has 0 bridgehead atoms. The molecule has 0 aliphatic heterocycles. The molecule has 0 fully saturated rings. The number of hydrogen-bond donors (Lipinski definition) is 0. The van der Waals surface area contributed by atoms with Gasteiger partial charge in [-0.3, -0.25) is 0 Å². The molecule has 0 saturated carbocycles. The van der Waals surface area contributed by atoms with E-state index in [2.05, 4.69) is 55.6 Å². The van der Waals surface area contributed by atoms with Gasteiger partial charge in [-0.2, -0.15) is 0 Å². The minimum atomic E-state index is 0. The second-order valence-electron chi connectivity index (χ2n) is 15.1. The van der Waals surface area contributed by atoms with Crippen LogP contribution >= 0.6 is 0 Å². The average molecular weight is 741 g/mol. The van der Waals surface area contributed by atoms with Gasteiger partial charge in [0.15, 0.2) is 0 Å². The molecule has 0 atom stereocenters. The van der Waals surface area contributed by atoms with Crippen molar-refractivity contribution in [2.75, 3.05) is 53.4 Å². The number of hydrogen-bond acceptors (Lipinski definition) is 0. The molecule has 0 heterocycles. The molecule has 0 aromatic heterocycles. The highest BCUT2D eigenvalue weighted by Gasteiger charge is 2.15. The van der Waals surface area contributed by atoms with E-state index in [-0.39, 0.29) is 29.4 Å². The zero-order valence-electron chi connectivity index (χ0n) is 33.7. The van der Waals surface area contributed by atoms with E-state index in [1.165, 1.54) is 228 Å². The highest BCUT2D eigenvalue weighted by atomic mass is 79.9. The molecule has 0 aliphatic rings. The Balaban J connectivity index is -0.000000367. The summed E-state index contributed by atoms with van der Waals surface area (Å²) in [6.45, 7) is 21.8. The Bertz CT molecular complexity index is 476. The predicted molar refractivity (Wildman–Crippen MR) is 205 cm³/mol. The summed E-state index contributed by atoms with van der Waals surface area (Å²) >= 11 is 0. The van der Waals surface area contributed by atoms with E-state index in [9.17, 15) is 0 Å². The van der Waals surface area contributed by atoms with E-state index in [0.717, 1.165) is 0 Å². The molecule has 0 spiro atoms. The molecule has 4 heteroatoms. The van der Waals surface area contributed by atoms with Crippen molar-refractivity contribution in [3.05, 3.63) is 0 Å². The fourth-order valence-electron chi connectivity index (χ4n) is 6.46. The molecule has 0 aromatic carbocycles. The first-order valence-electron chi connectivity index (χ1n) is 21.0. The maximum atomic E-state index is 2.41. The van der Waals surface area contributed by atoms with Crippen LogP contribution in [0.1, 0.15) is 221 Å². The van der Waals surface area contributed by atoms with Crippen molar-refractivity contribution in [2.45, 2.75) is 221 Å². The Kier molecular flexibility index (Phi) is 48.7. The van der Waals surface area contributed by atoms with Crippen molar-refractivity contribution in [1.29, 1.82) is 0 Å². The van der Waals surface area contributed by atoms with Gasteiger partial charge < -0.3 is 38.4 Å². The minimum absolute atomic E-state index is 0. The van der Waals surface area contributed by atoms with E-state index in [1.807, 2.05) is 0 Å². The van der Waals surface area contributed by atoms with Gasteiger partial charge in [-0.15, -0.1) is 0 Å². The predicted octanol–water partition coefficient (Wildman–Crippen LogP) is 7.92. The van der Waals surface area contributed by atoms with Gasteiger partial charge in [0.2, 0.25) is 0 Å². The molecule has 0 aromatic rings. The number of rotatable bonds is 34. The zero-order chi connectivity index (χ0) is 33.0. The Labute approximate surface area is 311 Å². The van der Waals surface area contributed by atoms with E-state index in [1.54, 1.807) is 0 Å². The normalized spacial score (nSPS) is 11.5. The van der Waals surface area contributed by atoms with Crippen LogP contribution in [0.25, 0.3) is 0 Å². The van der Waals surface area contributed by atoms with Crippen LogP contribution in [-0.2, 0) is 0 Å². The SMILES string of the molecule is CCCCCCCCCCCCCCCC[N+](C)(CC)CC.CCCCCCCCCCCCCCCC[N+](C)(CC)CC.[Br-].[Cl-]. The Hall–Kier alpha value is 0.690. The van der Waals surface area contributed by atoms with Gasteiger partial charge >= 0.3 is 0 Å². The fourth-order valence-corrected chi connectivity index (χ4v) is 6.46. The molecular weight excluding hydrogens is 648 g/mol.